The first-order valence-electron chi connectivity index (χ1n) is 13.6. The summed E-state index contributed by atoms with van der Waals surface area (Å²) in [6.45, 7) is 0.0123. The molecule has 4 aromatic rings. The summed E-state index contributed by atoms with van der Waals surface area (Å²) in [7, 11) is -4.72. The molecular weight excluding hydrogens is 603 g/mol. The largest absolute Gasteiger partial charge is 0.490 e. The molecule has 1 fully saturated rings. The number of sulfonamides is 1. The lowest BCUT2D eigenvalue weighted by Gasteiger charge is -2.29. The molecule has 0 amide bonds. The van der Waals surface area contributed by atoms with Gasteiger partial charge in [-0.05, 0) is 35.9 Å². The van der Waals surface area contributed by atoms with Crippen LogP contribution in [0.4, 0.5) is 33.5 Å². The number of alkyl halides is 3. The molecule has 0 aliphatic carbocycles. The summed E-state index contributed by atoms with van der Waals surface area (Å²) in [5.74, 6) is -4.43. The molecule has 1 saturated heterocycles. The van der Waals surface area contributed by atoms with Gasteiger partial charge in [0, 0.05) is 60.5 Å². The number of rotatable bonds is 5. The maximum absolute atomic E-state index is 14.2. The number of fused-ring (bicyclic) bond motifs is 1. The van der Waals surface area contributed by atoms with Gasteiger partial charge in [0.15, 0.2) is 0 Å². The molecule has 3 heterocycles. The number of aromatic nitrogens is 3. The smallest absolute Gasteiger partial charge is 0.475 e. The number of pyridine rings is 1. The van der Waals surface area contributed by atoms with Gasteiger partial charge >= 0.3 is 12.1 Å². The number of carboxylic acid groups (broad SMARTS) is 1. The maximum atomic E-state index is 14.2. The number of piperazine rings is 1. The van der Waals surface area contributed by atoms with E-state index in [1.807, 2.05) is 4.72 Å². The van der Waals surface area contributed by atoms with Crippen molar-refractivity contribution in [2.75, 3.05) is 35.8 Å². The highest BCUT2D eigenvalue weighted by Gasteiger charge is 2.38. The minimum atomic E-state index is -5.08. The fourth-order valence-corrected chi connectivity index (χ4v) is 5.17. The molecule has 0 saturated carbocycles. The maximum Gasteiger partial charge on any atom is 0.490 e. The Hall–Kier alpha value is -4.64. The predicted molar refractivity (Wildman–Crippen MR) is 146 cm³/mol. The fourth-order valence-electron chi connectivity index (χ4n) is 4.06. The first kappa shape index (κ1) is 27.2. The quantitative estimate of drug-likeness (QED) is 0.284. The molecule has 0 unspecified atom stereocenters. The molecule has 1 aliphatic heterocycles. The summed E-state index contributed by atoms with van der Waals surface area (Å²) in [5, 5.41) is 11.1. The van der Waals surface area contributed by atoms with E-state index in [4.69, 9.17) is 14.0 Å². The average Bonchev–Trinajstić information content (AvgIpc) is 2.97. The molecule has 2 aromatic carbocycles. The number of carbonyl (C=O) groups is 1. The zero-order valence-electron chi connectivity index (χ0n) is 24.7. The van der Waals surface area contributed by atoms with Crippen molar-refractivity contribution in [1.29, 1.82) is 0 Å². The van der Waals surface area contributed by atoms with Crippen molar-refractivity contribution in [2.45, 2.75) is 11.1 Å². The molecular formula is C26H23F5N6O5S. The minimum absolute atomic E-state index is 0.194. The highest BCUT2D eigenvalue weighted by Crippen LogP contribution is 2.30. The van der Waals surface area contributed by atoms with E-state index in [1.54, 1.807) is 18.2 Å². The van der Waals surface area contributed by atoms with E-state index >= 15 is 0 Å². The van der Waals surface area contributed by atoms with Gasteiger partial charge in [-0.25, -0.2) is 32.0 Å². The first-order chi connectivity index (χ1) is 21.4. The molecule has 43 heavy (non-hydrogen) atoms. The van der Waals surface area contributed by atoms with Crippen LogP contribution in [0.5, 0.6) is 0 Å². The normalized spacial score (nSPS) is 15.1. The number of hydrogen-bond donors (Lipinski definition) is 3. The van der Waals surface area contributed by atoms with Crippen LogP contribution in [-0.2, 0) is 21.8 Å². The zero-order valence-corrected chi connectivity index (χ0v) is 22.5. The Labute approximate surface area is 244 Å². The van der Waals surface area contributed by atoms with Crippen molar-refractivity contribution in [1.82, 2.24) is 19.9 Å². The molecule has 0 radical (unpaired) electrons. The van der Waals surface area contributed by atoms with Crippen LogP contribution in [-0.4, -0.2) is 66.4 Å². The molecule has 228 valence electrons. The lowest BCUT2D eigenvalue weighted by molar-refractivity contribution is -0.192. The fraction of sp³-hybridized carbons (Fsp3) is 0.231. The third kappa shape index (κ3) is 7.23. The van der Waals surface area contributed by atoms with E-state index in [0.29, 0.717) is 52.1 Å². The third-order valence-corrected chi connectivity index (χ3v) is 7.45. The third-order valence-electron chi connectivity index (χ3n) is 6.05. The highest BCUT2D eigenvalue weighted by molar-refractivity contribution is 7.92. The second-order valence-corrected chi connectivity index (χ2v) is 10.6. The van der Waals surface area contributed by atoms with Gasteiger partial charge < -0.3 is 19.9 Å². The monoisotopic (exact) mass is 629 g/mol. The van der Waals surface area contributed by atoms with Crippen molar-refractivity contribution in [3.05, 3.63) is 77.0 Å². The molecule has 11 nitrogen and oxygen atoms in total. The van der Waals surface area contributed by atoms with Crippen LogP contribution < -0.4 is 20.5 Å². The number of anilines is 2. The molecule has 17 heteroatoms. The Bertz CT molecular complexity index is 1950. The van der Waals surface area contributed by atoms with Crippen LogP contribution in [0.25, 0.3) is 22.0 Å². The molecule has 5 rings (SSSR count). The van der Waals surface area contributed by atoms with Gasteiger partial charge in [0.2, 0.25) is 0 Å². The van der Waals surface area contributed by atoms with Crippen LogP contribution in [0.1, 0.15) is 4.11 Å². The van der Waals surface area contributed by atoms with Gasteiger partial charge in [0.05, 0.1) is 5.52 Å². The van der Waals surface area contributed by atoms with Crippen LogP contribution >= 0.6 is 0 Å². The van der Waals surface area contributed by atoms with Gasteiger partial charge in [0.1, 0.15) is 34.4 Å². The van der Waals surface area contributed by atoms with Crippen molar-refractivity contribution in [3.8, 4) is 11.1 Å². The molecule has 1 aliphatic rings. The summed E-state index contributed by atoms with van der Waals surface area (Å²) in [6, 6.07) is 8.10. The molecule has 0 bridgehead atoms. The Balaban J connectivity index is 0.000000617. The van der Waals surface area contributed by atoms with Crippen LogP contribution in [0.2, 0.25) is 0 Å². The van der Waals surface area contributed by atoms with Crippen LogP contribution in [0, 0.1) is 11.6 Å². The second-order valence-electron chi connectivity index (χ2n) is 8.97. The predicted octanol–water partition coefficient (Wildman–Crippen LogP) is 3.12. The molecule has 0 spiro atoms. The second kappa shape index (κ2) is 12.3. The lowest BCUT2D eigenvalue weighted by Crippen LogP contribution is -2.44. The first-order valence-corrected chi connectivity index (χ1v) is 13.6. The topological polar surface area (TPSA) is 147 Å². The number of aryl methyl sites for hydroxylation is 1. The van der Waals surface area contributed by atoms with E-state index in [1.165, 1.54) is 12.4 Å². The Morgan fingerprint density at radius 1 is 1.07 bits per heavy atom. The van der Waals surface area contributed by atoms with Gasteiger partial charge in [-0.3, -0.25) is 9.52 Å². The number of hydrogen-bond acceptors (Lipinski definition) is 8. The summed E-state index contributed by atoms with van der Waals surface area (Å²) < 4.78 is 111. The van der Waals surface area contributed by atoms with Crippen molar-refractivity contribution in [3.63, 3.8) is 0 Å². The number of benzene rings is 2. The van der Waals surface area contributed by atoms with Gasteiger partial charge in [-0.1, -0.05) is 6.07 Å². The average molecular weight is 630 g/mol. The van der Waals surface area contributed by atoms with E-state index in [0.717, 1.165) is 25.4 Å². The van der Waals surface area contributed by atoms with Gasteiger partial charge in [0.25, 0.3) is 15.6 Å². The standard InChI is InChI=1S/C24H22F2N6O3S.C2HF3O2/c1-31-13-16(11-21(24(31)33)30-36(34,35)22-5-3-17(25)12-19(22)26)15-2-4-20-18(10-15)23(29-14-28-20)32-8-6-27-7-9-32;3-2(4,5)1(6)7/h2-5,10-14,27,30H,6-9H2,1H3;(H,6,7)/i1D3;. The lowest BCUT2D eigenvalue weighted by atomic mass is 10.0. The molecule has 0 atom stereocenters. The van der Waals surface area contributed by atoms with Gasteiger partial charge in [-0.15, -0.1) is 0 Å². The van der Waals surface area contributed by atoms with E-state index < -0.39 is 56.9 Å². The Morgan fingerprint density at radius 2 is 1.77 bits per heavy atom. The van der Waals surface area contributed by atoms with E-state index in [-0.39, 0.29) is 5.56 Å². The number of carboxylic acids is 1. The van der Waals surface area contributed by atoms with Crippen molar-refractivity contribution in [2.24, 2.45) is 6.98 Å². The van der Waals surface area contributed by atoms with Crippen molar-refractivity contribution < 1.29 is 44.4 Å². The number of nitrogens with one attached hydrogen (secondary N) is 2. The molecule has 3 N–H and O–H groups in total. The SMILES string of the molecule is O=C(O)C(F)(F)F.[2H]C([2H])([2H])n1cc(-c2ccc3ncnc(N4CCNCC4)c3c2)cc(NS(=O)(=O)c2ccc(F)cc2F)c1=O. The number of halogens is 5. The van der Waals surface area contributed by atoms with Gasteiger partial charge in [-0.2, -0.15) is 13.2 Å². The molecule has 2 aromatic heterocycles. The summed E-state index contributed by atoms with van der Waals surface area (Å²) >= 11 is 0. The summed E-state index contributed by atoms with van der Waals surface area (Å²) in [5.41, 5.74) is -0.506. The van der Waals surface area contributed by atoms with Crippen LogP contribution in [0.15, 0.2) is 64.7 Å². The van der Waals surface area contributed by atoms with E-state index in [9.17, 15) is 35.2 Å². The number of aliphatic carboxylic acids is 1. The summed E-state index contributed by atoms with van der Waals surface area (Å²) in [4.78, 5) is 31.8. The minimum Gasteiger partial charge on any atom is -0.475 e. The van der Waals surface area contributed by atoms with Crippen LogP contribution in [0.3, 0.4) is 0 Å². The Morgan fingerprint density at radius 3 is 2.40 bits per heavy atom. The zero-order chi connectivity index (χ0) is 34.0. The Kier molecular flexibility index (Phi) is 7.79. The van der Waals surface area contributed by atoms with E-state index in [2.05, 4.69) is 20.2 Å². The number of nitrogens with zero attached hydrogens (tertiary/aromatic N) is 4. The summed E-state index contributed by atoms with van der Waals surface area (Å²) in [6.07, 6.45) is -2.53. The highest BCUT2D eigenvalue weighted by atomic mass is 32.2. The van der Waals surface area contributed by atoms with Crippen molar-refractivity contribution >= 4 is 38.4 Å².